The average molecular weight is 281 g/mol. The Kier molecular flexibility index (Phi) is 7.23. The van der Waals surface area contributed by atoms with Crippen molar-refractivity contribution in [3.63, 3.8) is 0 Å². The minimum atomic E-state index is 0.314. The second-order valence-corrected chi connectivity index (χ2v) is 4.75. The van der Waals surface area contributed by atoms with Gasteiger partial charge >= 0.3 is 0 Å². The van der Waals surface area contributed by atoms with Gasteiger partial charge in [0.25, 0.3) is 0 Å². The molecule has 1 rings (SSSR count). The molecule has 1 unspecified atom stereocenters. The van der Waals surface area contributed by atoms with Crippen molar-refractivity contribution in [2.24, 2.45) is 0 Å². The predicted molar refractivity (Wildman–Crippen MR) is 82.0 cm³/mol. The van der Waals surface area contributed by atoms with Crippen molar-refractivity contribution in [2.45, 2.75) is 39.2 Å². The van der Waals surface area contributed by atoms with Crippen LogP contribution in [-0.4, -0.2) is 27.9 Å². The first-order chi connectivity index (χ1) is 9.71. The highest BCUT2D eigenvalue weighted by Gasteiger charge is 2.17. The minimum Gasteiger partial charge on any atom is -0.493 e. The van der Waals surface area contributed by atoms with Gasteiger partial charge in [-0.25, -0.2) is 0 Å². The third-order valence-corrected chi connectivity index (χ3v) is 3.31. The minimum absolute atomic E-state index is 0.314. The van der Waals surface area contributed by atoms with Gasteiger partial charge in [0.1, 0.15) is 0 Å². The van der Waals surface area contributed by atoms with Gasteiger partial charge < -0.3 is 19.5 Å². The number of hydrogen-bond acceptors (Lipinski definition) is 4. The number of hydrogen-bond donors (Lipinski definition) is 1. The highest BCUT2D eigenvalue weighted by molar-refractivity contribution is 5.54. The quantitative estimate of drug-likeness (QED) is 0.751. The molecule has 1 aromatic carbocycles. The van der Waals surface area contributed by atoms with E-state index in [1.54, 1.807) is 21.3 Å². The summed E-state index contributed by atoms with van der Waals surface area (Å²) in [7, 11) is 4.92. The third kappa shape index (κ3) is 4.04. The molecule has 0 fully saturated rings. The van der Waals surface area contributed by atoms with Crippen molar-refractivity contribution >= 4 is 0 Å². The zero-order valence-electron chi connectivity index (χ0n) is 13.3. The van der Waals surface area contributed by atoms with Gasteiger partial charge in [0, 0.05) is 6.04 Å². The van der Waals surface area contributed by atoms with E-state index >= 15 is 0 Å². The highest BCUT2D eigenvalue weighted by Crippen LogP contribution is 2.40. The van der Waals surface area contributed by atoms with Gasteiger partial charge in [-0.3, -0.25) is 0 Å². The van der Waals surface area contributed by atoms with Crippen LogP contribution < -0.4 is 19.5 Å². The summed E-state index contributed by atoms with van der Waals surface area (Å²) in [6.07, 6.45) is 3.32. The normalized spacial score (nSPS) is 12.1. The molecule has 0 aromatic heterocycles. The third-order valence-electron chi connectivity index (χ3n) is 3.31. The predicted octanol–water partition coefficient (Wildman–Crippen LogP) is 3.55. The average Bonchev–Trinajstić information content (AvgIpc) is 2.49. The van der Waals surface area contributed by atoms with Crippen molar-refractivity contribution in [1.82, 2.24) is 5.32 Å². The molecule has 0 saturated heterocycles. The Morgan fingerprint density at radius 2 is 1.55 bits per heavy atom. The Bertz CT molecular complexity index is 382. The van der Waals surface area contributed by atoms with Gasteiger partial charge in [0.05, 0.1) is 21.3 Å². The van der Waals surface area contributed by atoms with E-state index in [9.17, 15) is 0 Å². The van der Waals surface area contributed by atoms with Gasteiger partial charge in [0.15, 0.2) is 11.5 Å². The fraction of sp³-hybridized carbons (Fsp3) is 0.625. The number of nitrogens with one attached hydrogen (secondary N) is 1. The maximum atomic E-state index is 5.42. The van der Waals surface area contributed by atoms with E-state index < -0.39 is 0 Å². The first kappa shape index (κ1) is 16.6. The second-order valence-electron chi connectivity index (χ2n) is 4.75. The highest BCUT2D eigenvalue weighted by atomic mass is 16.5. The molecule has 0 saturated carbocycles. The fourth-order valence-corrected chi connectivity index (χ4v) is 2.30. The molecule has 4 nitrogen and oxygen atoms in total. The molecule has 0 aliphatic rings. The Morgan fingerprint density at radius 3 is 1.95 bits per heavy atom. The van der Waals surface area contributed by atoms with E-state index in [0.29, 0.717) is 23.3 Å². The van der Waals surface area contributed by atoms with Crippen LogP contribution in [0, 0.1) is 0 Å². The lowest BCUT2D eigenvalue weighted by atomic mass is 10.0. The first-order valence-electron chi connectivity index (χ1n) is 7.25. The zero-order valence-corrected chi connectivity index (χ0v) is 13.3. The molecule has 114 valence electrons. The number of benzene rings is 1. The summed E-state index contributed by atoms with van der Waals surface area (Å²) < 4.78 is 16.2. The Balaban J connectivity index is 3.13. The summed E-state index contributed by atoms with van der Waals surface area (Å²) in [5, 5.41) is 3.57. The summed E-state index contributed by atoms with van der Waals surface area (Å²) in [4.78, 5) is 0. The number of ether oxygens (including phenoxy) is 3. The maximum absolute atomic E-state index is 5.42. The van der Waals surface area contributed by atoms with Crippen LogP contribution in [0.3, 0.4) is 0 Å². The Morgan fingerprint density at radius 1 is 0.950 bits per heavy atom. The molecule has 4 heteroatoms. The van der Waals surface area contributed by atoms with E-state index in [2.05, 4.69) is 19.2 Å². The molecule has 0 spiro atoms. The van der Waals surface area contributed by atoms with E-state index in [1.807, 2.05) is 12.1 Å². The van der Waals surface area contributed by atoms with Crippen molar-refractivity contribution < 1.29 is 14.2 Å². The molecule has 0 bridgehead atoms. The van der Waals surface area contributed by atoms with Crippen LogP contribution in [0.1, 0.15) is 44.7 Å². The fourth-order valence-electron chi connectivity index (χ4n) is 2.30. The van der Waals surface area contributed by atoms with Crippen molar-refractivity contribution in [1.29, 1.82) is 0 Å². The van der Waals surface area contributed by atoms with Crippen LogP contribution in [0.4, 0.5) is 0 Å². The summed E-state index contributed by atoms with van der Waals surface area (Å²) in [6.45, 7) is 5.37. The molecule has 0 aliphatic carbocycles. The molecular formula is C16H27NO3. The van der Waals surface area contributed by atoms with E-state index in [-0.39, 0.29) is 0 Å². The lowest BCUT2D eigenvalue weighted by molar-refractivity contribution is 0.322. The molecule has 0 amide bonds. The van der Waals surface area contributed by atoms with E-state index in [0.717, 1.165) is 25.8 Å². The van der Waals surface area contributed by atoms with Crippen LogP contribution in [0.2, 0.25) is 0 Å². The maximum Gasteiger partial charge on any atom is 0.203 e. The second kappa shape index (κ2) is 8.69. The van der Waals surface area contributed by atoms with Gasteiger partial charge in [-0.1, -0.05) is 20.3 Å². The standard InChI is InChI=1S/C16H27NO3/c1-6-8-13(17-9-7-2)12-10-14(18-3)16(20-5)15(11-12)19-4/h10-11,13,17H,6-9H2,1-5H3. The van der Waals surface area contributed by atoms with Crippen LogP contribution in [0.5, 0.6) is 17.2 Å². The molecule has 1 aromatic rings. The zero-order chi connectivity index (χ0) is 15.0. The van der Waals surface area contributed by atoms with E-state index in [4.69, 9.17) is 14.2 Å². The number of rotatable bonds is 9. The first-order valence-corrected chi connectivity index (χ1v) is 7.25. The topological polar surface area (TPSA) is 39.7 Å². The molecule has 1 N–H and O–H groups in total. The Hall–Kier alpha value is -1.42. The summed E-state index contributed by atoms with van der Waals surface area (Å²) in [5.74, 6) is 2.06. The van der Waals surface area contributed by atoms with Crippen LogP contribution in [0.25, 0.3) is 0 Å². The van der Waals surface area contributed by atoms with Crippen LogP contribution in [0.15, 0.2) is 12.1 Å². The molecule has 0 radical (unpaired) electrons. The monoisotopic (exact) mass is 281 g/mol. The summed E-state index contributed by atoms with van der Waals surface area (Å²) in [5.41, 5.74) is 1.18. The van der Waals surface area contributed by atoms with Gasteiger partial charge in [-0.15, -0.1) is 0 Å². The molecular weight excluding hydrogens is 254 g/mol. The van der Waals surface area contributed by atoms with Gasteiger partial charge in [-0.2, -0.15) is 0 Å². The molecule has 0 heterocycles. The van der Waals surface area contributed by atoms with Crippen LogP contribution >= 0.6 is 0 Å². The molecule has 0 aliphatic heterocycles. The van der Waals surface area contributed by atoms with Gasteiger partial charge in [0.2, 0.25) is 5.75 Å². The Labute approximate surface area is 122 Å². The summed E-state index contributed by atoms with van der Waals surface area (Å²) in [6, 6.07) is 4.38. The molecule has 1 atom stereocenters. The number of methoxy groups -OCH3 is 3. The van der Waals surface area contributed by atoms with E-state index in [1.165, 1.54) is 5.56 Å². The largest absolute Gasteiger partial charge is 0.493 e. The lowest BCUT2D eigenvalue weighted by Crippen LogP contribution is -2.22. The van der Waals surface area contributed by atoms with Crippen LogP contribution in [-0.2, 0) is 0 Å². The van der Waals surface area contributed by atoms with Crippen molar-refractivity contribution in [3.05, 3.63) is 17.7 Å². The van der Waals surface area contributed by atoms with Crippen molar-refractivity contribution in [3.8, 4) is 17.2 Å². The smallest absolute Gasteiger partial charge is 0.203 e. The van der Waals surface area contributed by atoms with Crippen molar-refractivity contribution in [2.75, 3.05) is 27.9 Å². The van der Waals surface area contributed by atoms with Gasteiger partial charge in [-0.05, 0) is 37.1 Å². The molecule has 20 heavy (non-hydrogen) atoms. The lowest BCUT2D eigenvalue weighted by Gasteiger charge is -2.21. The summed E-state index contributed by atoms with van der Waals surface area (Å²) >= 11 is 0. The SMILES string of the molecule is CCCNC(CCC)c1cc(OC)c(OC)c(OC)c1.